The van der Waals surface area contributed by atoms with Crippen LogP contribution in [0.5, 0.6) is 0 Å². The maximum Gasteiger partial charge on any atom is 0.228 e. The summed E-state index contributed by atoms with van der Waals surface area (Å²) in [7, 11) is 0. The second-order valence-corrected chi connectivity index (χ2v) is 6.00. The highest BCUT2D eigenvalue weighted by Gasteiger charge is 2.05. The molecule has 0 saturated carbocycles. The van der Waals surface area contributed by atoms with Crippen LogP contribution in [0.1, 0.15) is 23.1 Å². The first kappa shape index (κ1) is 15.8. The van der Waals surface area contributed by atoms with E-state index >= 15 is 0 Å². The molecule has 1 amide bonds. The molecular weight excluding hydrogens is 326 g/mol. The number of hydrogen-bond acceptors (Lipinski definition) is 1. The minimum Gasteiger partial charge on any atom is -0.326 e. The SMILES string of the molecule is Cc1cccc(CC(=O)Nc2cccc(CCCBr)c2)c1. The van der Waals surface area contributed by atoms with Gasteiger partial charge in [0.15, 0.2) is 0 Å². The number of benzene rings is 2. The van der Waals surface area contributed by atoms with Crippen LogP contribution in [0.3, 0.4) is 0 Å². The Morgan fingerprint density at radius 1 is 1.10 bits per heavy atom. The molecule has 0 saturated heterocycles. The Bertz CT molecular complexity index is 610. The van der Waals surface area contributed by atoms with Gasteiger partial charge in [0, 0.05) is 11.0 Å². The summed E-state index contributed by atoms with van der Waals surface area (Å²) in [6.07, 6.45) is 2.53. The predicted octanol–water partition coefficient (Wildman–Crippen LogP) is 4.50. The topological polar surface area (TPSA) is 29.1 Å². The van der Waals surface area contributed by atoms with Crippen LogP contribution in [0.25, 0.3) is 0 Å². The first-order valence-electron chi connectivity index (χ1n) is 7.17. The Balaban J connectivity index is 1.96. The summed E-state index contributed by atoms with van der Waals surface area (Å²) in [5, 5.41) is 3.97. The number of nitrogens with one attached hydrogen (secondary N) is 1. The molecule has 0 fully saturated rings. The molecule has 2 rings (SSSR count). The molecule has 0 aliphatic carbocycles. The van der Waals surface area contributed by atoms with Crippen molar-refractivity contribution in [1.29, 1.82) is 0 Å². The van der Waals surface area contributed by atoms with E-state index in [4.69, 9.17) is 0 Å². The van der Waals surface area contributed by atoms with Crippen LogP contribution < -0.4 is 5.32 Å². The monoisotopic (exact) mass is 345 g/mol. The fourth-order valence-electron chi connectivity index (χ4n) is 2.29. The van der Waals surface area contributed by atoms with E-state index in [-0.39, 0.29) is 5.91 Å². The van der Waals surface area contributed by atoms with Gasteiger partial charge in [-0.15, -0.1) is 0 Å². The molecule has 0 bridgehead atoms. The second kappa shape index (κ2) is 7.99. The van der Waals surface area contributed by atoms with Crippen LogP contribution in [-0.4, -0.2) is 11.2 Å². The lowest BCUT2D eigenvalue weighted by molar-refractivity contribution is -0.115. The third-order valence-corrected chi connectivity index (χ3v) is 3.82. The highest BCUT2D eigenvalue weighted by Crippen LogP contribution is 2.14. The average molecular weight is 346 g/mol. The fourth-order valence-corrected chi connectivity index (χ4v) is 2.57. The molecule has 0 heterocycles. The molecule has 0 aliphatic heterocycles. The number of anilines is 1. The van der Waals surface area contributed by atoms with E-state index in [2.05, 4.69) is 33.4 Å². The van der Waals surface area contributed by atoms with Crippen LogP contribution in [0, 0.1) is 6.92 Å². The largest absolute Gasteiger partial charge is 0.326 e. The number of alkyl halides is 1. The summed E-state index contributed by atoms with van der Waals surface area (Å²) in [4.78, 5) is 12.1. The van der Waals surface area contributed by atoms with Crippen molar-refractivity contribution in [3.8, 4) is 0 Å². The zero-order chi connectivity index (χ0) is 15.1. The normalized spacial score (nSPS) is 10.4. The first-order chi connectivity index (χ1) is 10.2. The Labute approximate surface area is 134 Å². The van der Waals surface area contributed by atoms with Crippen molar-refractivity contribution in [3.63, 3.8) is 0 Å². The van der Waals surface area contributed by atoms with Gasteiger partial charge in [0.05, 0.1) is 6.42 Å². The molecule has 2 aromatic rings. The quantitative estimate of drug-likeness (QED) is 0.767. The number of carbonyl (C=O) groups is 1. The molecule has 0 aliphatic rings. The standard InChI is InChI=1S/C18H20BrNO/c1-14-5-2-7-16(11-14)13-18(21)20-17-9-3-6-15(12-17)8-4-10-19/h2-3,5-7,9,11-12H,4,8,10,13H2,1H3,(H,20,21). The average Bonchev–Trinajstić information content (AvgIpc) is 2.45. The van der Waals surface area contributed by atoms with Crippen molar-refractivity contribution in [2.75, 3.05) is 10.6 Å². The van der Waals surface area contributed by atoms with Gasteiger partial charge in [0.2, 0.25) is 5.91 Å². The minimum atomic E-state index is 0.0261. The van der Waals surface area contributed by atoms with Gasteiger partial charge >= 0.3 is 0 Å². The van der Waals surface area contributed by atoms with Crippen LogP contribution in [-0.2, 0) is 17.6 Å². The van der Waals surface area contributed by atoms with Crippen LogP contribution in [0.2, 0.25) is 0 Å². The molecule has 2 nitrogen and oxygen atoms in total. The van der Waals surface area contributed by atoms with Crippen molar-refractivity contribution in [2.24, 2.45) is 0 Å². The molecule has 0 aromatic heterocycles. The molecule has 110 valence electrons. The van der Waals surface area contributed by atoms with Gasteiger partial charge in [-0.25, -0.2) is 0 Å². The zero-order valence-electron chi connectivity index (χ0n) is 12.2. The minimum absolute atomic E-state index is 0.0261. The molecule has 1 N–H and O–H groups in total. The number of amides is 1. The smallest absolute Gasteiger partial charge is 0.228 e. The molecule has 0 unspecified atom stereocenters. The van der Waals surface area contributed by atoms with Gasteiger partial charge < -0.3 is 5.32 Å². The number of carbonyl (C=O) groups excluding carboxylic acids is 1. The summed E-state index contributed by atoms with van der Waals surface area (Å²) in [6, 6.07) is 16.1. The van der Waals surface area contributed by atoms with Crippen LogP contribution in [0.15, 0.2) is 48.5 Å². The van der Waals surface area contributed by atoms with Crippen LogP contribution in [0.4, 0.5) is 5.69 Å². The highest BCUT2D eigenvalue weighted by molar-refractivity contribution is 9.09. The lowest BCUT2D eigenvalue weighted by atomic mass is 10.1. The van der Waals surface area contributed by atoms with E-state index in [9.17, 15) is 4.79 Å². The summed E-state index contributed by atoms with van der Waals surface area (Å²) in [5.41, 5.74) is 4.35. The lowest BCUT2D eigenvalue weighted by Gasteiger charge is -2.08. The van der Waals surface area contributed by atoms with Crippen molar-refractivity contribution in [2.45, 2.75) is 26.2 Å². The molecule has 0 radical (unpaired) electrons. The van der Waals surface area contributed by atoms with Crippen molar-refractivity contribution in [3.05, 3.63) is 65.2 Å². The Kier molecular flexibility index (Phi) is 6.00. The molecular formula is C18H20BrNO. The lowest BCUT2D eigenvalue weighted by Crippen LogP contribution is -2.14. The summed E-state index contributed by atoms with van der Waals surface area (Å²) in [5.74, 6) is 0.0261. The Morgan fingerprint density at radius 3 is 2.62 bits per heavy atom. The third kappa shape index (κ3) is 5.35. The summed E-state index contributed by atoms with van der Waals surface area (Å²) in [6.45, 7) is 2.04. The maximum atomic E-state index is 12.1. The van der Waals surface area contributed by atoms with E-state index in [1.165, 1.54) is 11.1 Å². The van der Waals surface area contributed by atoms with E-state index in [0.29, 0.717) is 6.42 Å². The summed E-state index contributed by atoms with van der Waals surface area (Å²) < 4.78 is 0. The van der Waals surface area contributed by atoms with E-state index in [1.807, 2.05) is 43.3 Å². The Morgan fingerprint density at radius 2 is 1.86 bits per heavy atom. The fraction of sp³-hybridized carbons (Fsp3) is 0.278. The van der Waals surface area contributed by atoms with E-state index < -0.39 is 0 Å². The van der Waals surface area contributed by atoms with Crippen molar-refractivity contribution in [1.82, 2.24) is 0 Å². The Hall–Kier alpha value is -1.61. The van der Waals surface area contributed by atoms with Gasteiger partial charge in [-0.2, -0.15) is 0 Å². The predicted molar refractivity (Wildman–Crippen MR) is 92.1 cm³/mol. The maximum absolute atomic E-state index is 12.1. The zero-order valence-corrected chi connectivity index (χ0v) is 13.8. The van der Waals surface area contributed by atoms with Gasteiger partial charge in [-0.1, -0.05) is 57.9 Å². The van der Waals surface area contributed by atoms with Crippen LogP contribution >= 0.6 is 15.9 Å². The van der Waals surface area contributed by atoms with Crippen molar-refractivity contribution < 1.29 is 4.79 Å². The molecule has 3 heteroatoms. The third-order valence-electron chi connectivity index (χ3n) is 3.26. The van der Waals surface area contributed by atoms with Gasteiger partial charge in [-0.05, 0) is 43.0 Å². The molecule has 0 atom stereocenters. The summed E-state index contributed by atoms with van der Waals surface area (Å²) >= 11 is 3.44. The molecule has 2 aromatic carbocycles. The number of aryl methyl sites for hydroxylation is 2. The number of halogens is 1. The van der Waals surface area contributed by atoms with E-state index in [1.54, 1.807) is 0 Å². The second-order valence-electron chi connectivity index (χ2n) is 5.21. The van der Waals surface area contributed by atoms with Gasteiger partial charge in [-0.3, -0.25) is 4.79 Å². The molecule has 0 spiro atoms. The number of hydrogen-bond donors (Lipinski definition) is 1. The van der Waals surface area contributed by atoms with Gasteiger partial charge in [0.1, 0.15) is 0 Å². The van der Waals surface area contributed by atoms with Crippen molar-refractivity contribution >= 4 is 27.5 Å². The van der Waals surface area contributed by atoms with Gasteiger partial charge in [0.25, 0.3) is 0 Å². The first-order valence-corrected chi connectivity index (χ1v) is 8.30. The number of rotatable bonds is 6. The van der Waals surface area contributed by atoms with E-state index in [0.717, 1.165) is 29.4 Å². The highest BCUT2D eigenvalue weighted by atomic mass is 79.9. The molecule has 21 heavy (non-hydrogen) atoms.